The summed E-state index contributed by atoms with van der Waals surface area (Å²) in [6.07, 6.45) is 2.02. The van der Waals surface area contributed by atoms with Crippen molar-refractivity contribution in [3.8, 4) is 11.5 Å². The fourth-order valence-electron chi connectivity index (χ4n) is 2.19. The zero-order valence-corrected chi connectivity index (χ0v) is 12.9. The van der Waals surface area contributed by atoms with Crippen molar-refractivity contribution < 1.29 is 13.9 Å². The number of carbonyl (C=O) groups excluding carboxylic acids is 1. The van der Waals surface area contributed by atoms with Crippen LogP contribution in [0.4, 0.5) is 0 Å². The molecule has 1 heterocycles. The second-order valence-electron chi connectivity index (χ2n) is 5.19. The summed E-state index contributed by atoms with van der Waals surface area (Å²) >= 11 is 5.86. The van der Waals surface area contributed by atoms with Crippen LogP contribution in [0.3, 0.4) is 0 Å². The smallest absolute Gasteiger partial charge is 0.249 e. The number of hydrogen-bond donors (Lipinski definition) is 0. The fourth-order valence-corrected chi connectivity index (χ4v) is 2.31. The number of hydrogen-bond acceptors (Lipinski definition) is 5. The number of aromatic nitrogens is 2. The summed E-state index contributed by atoms with van der Waals surface area (Å²) in [5.74, 6) is 0.777. The highest BCUT2D eigenvalue weighted by Crippen LogP contribution is 2.29. The Bertz CT molecular complexity index is 652. The second kappa shape index (κ2) is 6.46. The lowest BCUT2D eigenvalue weighted by Crippen LogP contribution is -2.35. The molecule has 0 saturated heterocycles. The molecule has 1 fully saturated rings. The maximum absolute atomic E-state index is 12.0. The van der Waals surface area contributed by atoms with Crippen molar-refractivity contribution in [1.29, 1.82) is 0 Å². The Labute approximate surface area is 133 Å². The molecule has 1 aliphatic rings. The van der Waals surface area contributed by atoms with Crippen molar-refractivity contribution in [2.75, 3.05) is 13.7 Å². The summed E-state index contributed by atoms with van der Waals surface area (Å²) in [5, 5.41) is 8.70. The molecule has 3 rings (SSSR count). The third-order valence-corrected chi connectivity index (χ3v) is 3.69. The second-order valence-corrected chi connectivity index (χ2v) is 5.63. The van der Waals surface area contributed by atoms with Gasteiger partial charge in [0.15, 0.2) is 0 Å². The minimum absolute atomic E-state index is 0.0590. The molecule has 116 valence electrons. The first-order valence-electron chi connectivity index (χ1n) is 7.04. The van der Waals surface area contributed by atoms with Crippen LogP contribution in [0, 0.1) is 0 Å². The lowest BCUT2D eigenvalue weighted by atomic mass is 10.2. The number of methoxy groups -OCH3 is 1. The molecule has 1 amide bonds. The van der Waals surface area contributed by atoms with E-state index in [1.54, 1.807) is 17.0 Å². The number of rotatable bonds is 6. The lowest BCUT2D eigenvalue weighted by Gasteiger charge is -2.19. The average Bonchev–Trinajstić information content (AvgIpc) is 3.24. The van der Waals surface area contributed by atoms with Crippen molar-refractivity contribution in [3.63, 3.8) is 0 Å². The van der Waals surface area contributed by atoms with Crippen LogP contribution in [0.1, 0.15) is 18.7 Å². The Kier molecular flexibility index (Phi) is 4.40. The van der Waals surface area contributed by atoms with E-state index in [4.69, 9.17) is 20.8 Å². The van der Waals surface area contributed by atoms with E-state index in [1.165, 1.54) is 7.11 Å². The number of benzene rings is 1. The Morgan fingerprint density at radius 2 is 2.09 bits per heavy atom. The van der Waals surface area contributed by atoms with Crippen LogP contribution in [0.15, 0.2) is 28.7 Å². The molecule has 22 heavy (non-hydrogen) atoms. The molecule has 0 bridgehead atoms. The van der Waals surface area contributed by atoms with Gasteiger partial charge >= 0.3 is 0 Å². The molecular weight excluding hydrogens is 306 g/mol. The first-order valence-corrected chi connectivity index (χ1v) is 7.42. The maximum atomic E-state index is 12.0. The zero-order valence-electron chi connectivity index (χ0n) is 12.2. The summed E-state index contributed by atoms with van der Waals surface area (Å²) < 4.78 is 10.6. The van der Waals surface area contributed by atoms with Crippen molar-refractivity contribution in [2.45, 2.75) is 25.4 Å². The molecular formula is C15H16ClN3O3. The van der Waals surface area contributed by atoms with Gasteiger partial charge in [0.25, 0.3) is 0 Å². The van der Waals surface area contributed by atoms with Gasteiger partial charge in [-0.15, -0.1) is 10.2 Å². The molecule has 1 saturated carbocycles. The summed E-state index contributed by atoms with van der Waals surface area (Å²) in [6.45, 7) is 0.377. The molecule has 6 nitrogen and oxygen atoms in total. The number of halogens is 1. The molecule has 2 aromatic rings. The van der Waals surface area contributed by atoms with E-state index in [9.17, 15) is 4.79 Å². The first-order chi connectivity index (χ1) is 10.7. The van der Waals surface area contributed by atoms with Gasteiger partial charge in [0, 0.05) is 23.7 Å². The van der Waals surface area contributed by atoms with Crippen LogP contribution >= 0.6 is 11.6 Å². The van der Waals surface area contributed by atoms with Gasteiger partial charge in [-0.25, -0.2) is 0 Å². The summed E-state index contributed by atoms with van der Waals surface area (Å²) in [4.78, 5) is 13.8. The molecule has 0 N–H and O–H groups in total. The predicted octanol–water partition coefficient (Wildman–Crippen LogP) is 2.53. The van der Waals surface area contributed by atoms with Gasteiger partial charge in [0.1, 0.15) is 6.61 Å². The van der Waals surface area contributed by atoms with E-state index < -0.39 is 0 Å². The van der Waals surface area contributed by atoms with Crippen molar-refractivity contribution in [3.05, 3.63) is 35.2 Å². The van der Waals surface area contributed by atoms with Crippen molar-refractivity contribution in [1.82, 2.24) is 15.1 Å². The number of ether oxygens (including phenoxy) is 1. The Balaban J connectivity index is 1.72. The standard InChI is InChI=1S/C15H16ClN3O3/c1-21-9-14(20)19(12-6-7-12)8-13-17-18-15(22-13)10-2-4-11(16)5-3-10/h2-5,12H,6-9H2,1H3. The topological polar surface area (TPSA) is 68.5 Å². The van der Waals surface area contributed by atoms with Crippen molar-refractivity contribution >= 4 is 17.5 Å². The van der Waals surface area contributed by atoms with E-state index >= 15 is 0 Å². The van der Waals surface area contributed by atoms with Gasteiger partial charge < -0.3 is 14.1 Å². The van der Waals surface area contributed by atoms with Crippen LogP contribution in [0.2, 0.25) is 5.02 Å². The fraction of sp³-hybridized carbons (Fsp3) is 0.400. The van der Waals surface area contributed by atoms with Gasteiger partial charge in [-0.1, -0.05) is 11.6 Å². The van der Waals surface area contributed by atoms with Gasteiger partial charge in [-0.05, 0) is 37.1 Å². The molecule has 1 aromatic heterocycles. The van der Waals surface area contributed by atoms with Gasteiger partial charge in [0.05, 0.1) is 6.54 Å². The SMILES string of the molecule is COCC(=O)N(Cc1nnc(-c2ccc(Cl)cc2)o1)C1CC1. The average molecular weight is 322 g/mol. The Morgan fingerprint density at radius 3 is 2.73 bits per heavy atom. The predicted molar refractivity (Wildman–Crippen MR) is 80.2 cm³/mol. The highest BCUT2D eigenvalue weighted by Gasteiger charge is 2.33. The highest BCUT2D eigenvalue weighted by atomic mass is 35.5. The number of nitrogens with zero attached hydrogens (tertiary/aromatic N) is 3. The van der Waals surface area contributed by atoms with Crippen LogP contribution in [0.5, 0.6) is 0 Å². The zero-order chi connectivity index (χ0) is 15.5. The molecule has 0 radical (unpaired) electrons. The lowest BCUT2D eigenvalue weighted by molar-refractivity contribution is -0.136. The van der Waals surface area contributed by atoms with E-state index in [-0.39, 0.29) is 18.6 Å². The highest BCUT2D eigenvalue weighted by molar-refractivity contribution is 6.30. The summed E-state index contributed by atoms with van der Waals surface area (Å²) in [7, 11) is 1.51. The van der Waals surface area contributed by atoms with E-state index in [0.717, 1.165) is 18.4 Å². The molecule has 0 spiro atoms. The molecule has 0 aliphatic heterocycles. The normalized spacial score (nSPS) is 14.1. The maximum Gasteiger partial charge on any atom is 0.249 e. The minimum atomic E-state index is -0.0590. The quantitative estimate of drug-likeness (QED) is 0.817. The molecule has 7 heteroatoms. The third-order valence-electron chi connectivity index (χ3n) is 3.44. The number of carbonyl (C=O) groups is 1. The van der Waals surface area contributed by atoms with E-state index in [2.05, 4.69) is 10.2 Å². The van der Waals surface area contributed by atoms with Crippen LogP contribution in [-0.2, 0) is 16.1 Å². The largest absolute Gasteiger partial charge is 0.419 e. The van der Waals surface area contributed by atoms with E-state index in [1.807, 2.05) is 12.1 Å². The number of amides is 1. The first kappa shape index (κ1) is 15.0. The monoisotopic (exact) mass is 321 g/mol. The van der Waals surface area contributed by atoms with Gasteiger partial charge in [-0.2, -0.15) is 0 Å². The van der Waals surface area contributed by atoms with E-state index in [0.29, 0.717) is 23.3 Å². The summed E-state index contributed by atoms with van der Waals surface area (Å²) in [5.41, 5.74) is 0.796. The van der Waals surface area contributed by atoms with Crippen LogP contribution < -0.4 is 0 Å². The Morgan fingerprint density at radius 1 is 1.36 bits per heavy atom. The van der Waals surface area contributed by atoms with Gasteiger partial charge in [0.2, 0.25) is 17.7 Å². The Hall–Kier alpha value is -1.92. The van der Waals surface area contributed by atoms with Crippen LogP contribution in [0.25, 0.3) is 11.5 Å². The molecule has 0 unspecified atom stereocenters. The van der Waals surface area contributed by atoms with Crippen molar-refractivity contribution in [2.24, 2.45) is 0 Å². The van der Waals surface area contributed by atoms with Crippen LogP contribution in [-0.4, -0.2) is 40.8 Å². The molecule has 1 aliphatic carbocycles. The van der Waals surface area contributed by atoms with Gasteiger partial charge in [-0.3, -0.25) is 4.79 Å². The summed E-state index contributed by atoms with van der Waals surface area (Å²) in [6, 6.07) is 7.41. The molecule has 1 aromatic carbocycles. The third kappa shape index (κ3) is 3.45. The minimum Gasteiger partial charge on any atom is -0.419 e. The molecule has 0 atom stereocenters.